The van der Waals surface area contributed by atoms with E-state index >= 15 is 0 Å². The predicted molar refractivity (Wildman–Crippen MR) is 97.7 cm³/mol. The molecular formula is C17H23Cl3N2O. The van der Waals surface area contributed by atoms with Crippen molar-refractivity contribution in [3.05, 3.63) is 33.8 Å². The number of nitrogens with zero attached hydrogens (tertiary/aromatic N) is 1. The van der Waals surface area contributed by atoms with Crippen LogP contribution in [0.2, 0.25) is 10.0 Å². The fourth-order valence-electron chi connectivity index (χ4n) is 2.95. The quantitative estimate of drug-likeness (QED) is 0.842. The van der Waals surface area contributed by atoms with E-state index in [9.17, 15) is 4.79 Å². The van der Waals surface area contributed by atoms with E-state index in [4.69, 9.17) is 23.2 Å². The molecule has 0 bridgehead atoms. The molecule has 128 valence electrons. The fourth-order valence-corrected chi connectivity index (χ4v) is 3.48. The average molecular weight is 378 g/mol. The Hall–Kier alpha value is -0.480. The lowest BCUT2D eigenvalue weighted by molar-refractivity contribution is -0.131. The van der Waals surface area contributed by atoms with Crippen molar-refractivity contribution in [3.63, 3.8) is 0 Å². The molecule has 0 aromatic heterocycles. The summed E-state index contributed by atoms with van der Waals surface area (Å²) in [6.07, 6.45) is 5.12. The molecule has 0 radical (unpaired) electrons. The van der Waals surface area contributed by atoms with E-state index in [1.165, 1.54) is 12.8 Å². The van der Waals surface area contributed by atoms with Crippen LogP contribution in [0.5, 0.6) is 0 Å². The smallest absolute Gasteiger partial charge is 0.227 e. The van der Waals surface area contributed by atoms with Crippen molar-refractivity contribution in [2.45, 2.75) is 38.1 Å². The van der Waals surface area contributed by atoms with E-state index in [1.54, 1.807) is 18.2 Å². The number of carbonyl (C=O) groups excluding carboxylic acids is 1. The van der Waals surface area contributed by atoms with Crippen LogP contribution in [-0.4, -0.2) is 36.5 Å². The van der Waals surface area contributed by atoms with Gasteiger partial charge in [0.2, 0.25) is 5.91 Å². The van der Waals surface area contributed by atoms with E-state index in [-0.39, 0.29) is 18.3 Å². The molecule has 3 rings (SSSR count). The Labute approximate surface area is 154 Å². The third-order valence-electron chi connectivity index (χ3n) is 4.63. The van der Waals surface area contributed by atoms with Crippen molar-refractivity contribution in [2.75, 3.05) is 19.6 Å². The van der Waals surface area contributed by atoms with E-state index < -0.39 is 0 Å². The molecular weight excluding hydrogens is 355 g/mol. The molecule has 2 fully saturated rings. The van der Waals surface area contributed by atoms with Gasteiger partial charge in [0, 0.05) is 29.2 Å². The summed E-state index contributed by atoms with van der Waals surface area (Å²) in [5, 5.41) is 4.77. The zero-order valence-electron chi connectivity index (χ0n) is 13.1. The first-order chi connectivity index (χ1) is 10.6. The van der Waals surface area contributed by atoms with Crippen LogP contribution in [0, 0.1) is 5.92 Å². The number of piperidine rings is 1. The number of benzene rings is 1. The molecule has 6 heteroatoms. The van der Waals surface area contributed by atoms with E-state index in [0.29, 0.717) is 22.5 Å². The molecule has 1 aromatic carbocycles. The molecule has 0 atom stereocenters. The van der Waals surface area contributed by atoms with Crippen LogP contribution in [0.15, 0.2) is 18.2 Å². The van der Waals surface area contributed by atoms with Crippen LogP contribution >= 0.6 is 35.6 Å². The molecule has 1 aliphatic carbocycles. The first-order valence-corrected chi connectivity index (χ1v) is 8.83. The number of likely N-dealkylation sites (tertiary alicyclic amines) is 1. The number of rotatable bonds is 5. The number of halogens is 3. The van der Waals surface area contributed by atoms with Gasteiger partial charge >= 0.3 is 0 Å². The fraction of sp³-hybridized carbons (Fsp3) is 0.588. The molecule has 0 spiro atoms. The van der Waals surface area contributed by atoms with Gasteiger partial charge in [-0.05, 0) is 55.8 Å². The van der Waals surface area contributed by atoms with Crippen molar-refractivity contribution in [1.82, 2.24) is 10.2 Å². The molecule has 1 N–H and O–H groups in total. The van der Waals surface area contributed by atoms with Gasteiger partial charge in [-0.15, -0.1) is 12.4 Å². The lowest BCUT2D eigenvalue weighted by Crippen LogP contribution is -2.45. The molecule has 1 heterocycles. The molecule has 1 aliphatic heterocycles. The van der Waals surface area contributed by atoms with E-state index in [1.807, 2.05) is 4.90 Å². The summed E-state index contributed by atoms with van der Waals surface area (Å²) < 4.78 is 0. The molecule has 23 heavy (non-hydrogen) atoms. The SMILES string of the molecule is Cl.O=C(Cc1c(Cl)cccc1Cl)N1CCC(NCC2CC2)CC1. The Bertz CT molecular complexity index is 520. The standard InChI is InChI=1S/C17H22Cl2N2O.ClH/c18-15-2-1-3-16(19)14(15)10-17(22)21-8-6-13(7-9-21)20-11-12-4-5-12;/h1-3,12-13,20H,4-11H2;1H. The van der Waals surface area contributed by atoms with Crippen LogP contribution in [0.4, 0.5) is 0 Å². The maximum atomic E-state index is 12.4. The summed E-state index contributed by atoms with van der Waals surface area (Å²) in [4.78, 5) is 14.4. The normalized spacial score (nSPS) is 18.6. The molecule has 1 amide bonds. The zero-order valence-corrected chi connectivity index (χ0v) is 15.4. The highest BCUT2D eigenvalue weighted by Gasteiger charge is 2.26. The average Bonchev–Trinajstić information content (AvgIpc) is 3.34. The summed E-state index contributed by atoms with van der Waals surface area (Å²) in [5.41, 5.74) is 0.741. The number of nitrogens with one attached hydrogen (secondary N) is 1. The largest absolute Gasteiger partial charge is 0.342 e. The minimum atomic E-state index is 0. The first kappa shape index (κ1) is 18.9. The second-order valence-corrected chi connectivity index (χ2v) is 7.20. The Kier molecular flexibility index (Phi) is 7.02. The molecule has 2 aliphatic rings. The lowest BCUT2D eigenvalue weighted by atomic mass is 10.0. The van der Waals surface area contributed by atoms with E-state index in [2.05, 4.69) is 5.32 Å². The predicted octanol–water partition coefficient (Wildman–Crippen LogP) is 3.95. The topological polar surface area (TPSA) is 32.3 Å². The van der Waals surface area contributed by atoms with Gasteiger partial charge in [-0.1, -0.05) is 29.3 Å². The van der Waals surface area contributed by atoms with Gasteiger partial charge in [-0.3, -0.25) is 4.79 Å². The van der Waals surface area contributed by atoms with Crippen molar-refractivity contribution < 1.29 is 4.79 Å². The Morgan fingerprint density at radius 2 is 1.74 bits per heavy atom. The number of amides is 1. The highest BCUT2D eigenvalue weighted by atomic mass is 35.5. The second-order valence-electron chi connectivity index (χ2n) is 6.38. The van der Waals surface area contributed by atoms with Crippen LogP contribution in [0.3, 0.4) is 0 Å². The summed E-state index contributed by atoms with van der Waals surface area (Å²) in [5.74, 6) is 1.03. The summed E-state index contributed by atoms with van der Waals surface area (Å²) in [7, 11) is 0. The van der Waals surface area contributed by atoms with Crippen LogP contribution < -0.4 is 5.32 Å². The summed E-state index contributed by atoms with van der Waals surface area (Å²) >= 11 is 12.3. The minimum absolute atomic E-state index is 0. The first-order valence-electron chi connectivity index (χ1n) is 8.07. The molecule has 0 unspecified atom stereocenters. The maximum absolute atomic E-state index is 12.4. The van der Waals surface area contributed by atoms with Gasteiger partial charge in [-0.2, -0.15) is 0 Å². The number of hydrogen-bond acceptors (Lipinski definition) is 2. The van der Waals surface area contributed by atoms with Crippen molar-refractivity contribution in [2.24, 2.45) is 5.92 Å². The Balaban J connectivity index is 0.00000192. The van der Waals surface area contributed by atoms with Crippen molar-refractivity contribution >= 4 is 41.5 Å². The van der Waals surface area contributed by atoms with Crippen LogP contribution in [-0.2, 0) is 11.2 Å². The minimum Gasteiger partial charge on any atom is -0.342 e. The number of hydrogen-bond donors (Lipinski definition) is 1. The number of carbonyl (C=O) groups is 1. The van der Waals surface area contributed by atoms with Crippen LogP contribution in [0.25, 0.3) is 0 Å². The zero-order chi connectivity index (χ0) is 15.5. The second kappa shape index (κ2) is 8.57. The third-order valence-corrected chi connectivity index (χ3v) is 5.34. The lowest BCUT2D eigenvalue weighted by Gasteiger charge is -2.32. The molecule has 1 saturated heterocycles. The van der Waals surface area contributed by atoms with Crippen molar-refractivity contribution in [1.29, 1.82) is 0 Å². The molecule has 3 nitrogen and oxygen atoms in total. The Morgan fingerprint density at radius 1 is 1.13 bits per heavy atom. The summed E-state index contributed by atoms with van der Waals surface area (Å²) in [6.45, 7) is 2.79. The van der Waals surface area contributed by atoms with Gasteiger partial charge in [0.1, 0.15) is 0 Å². The van der Waals surface area contributed by atoms with Gasteiger partial charge < -0.3 is 10.2 Å². The van der Waals surface area contributed by atoms with Gasteiger partial charge in [0.25, 0.3) is 0 Å². The van der Waals surface area contributed by atoms with Crippen molar-refractivity contribution in [3.8, 4) is 0 Å². The van der Waals surface area contributed by atoms with Gasteiger partial charge in [0.05, 0.1) is 6.42 Å². The highest BCUT2D eigenvalue weighted by Crippen LogP contribution is 2.28. The van der Waals surface area contributed by atoms with Gasteiger partial charge in [0.15, 0.2) is 0 Å². The van der Waals surface area contributed by atoms with Crippen LogP contribution in [0.1, 0.15) is 31.2 Å². The third kappa shape index (κ3) is 5.25. The highest BCUT2D eigenvalue weighted by molar-refractivity contribution is 6.36. The Morgan fingerprint density at radius 3 is 2.30 bits per heavy atom. The molecule has 1 aromatic rings. The van der Waals surface area contributed by atoms with Gasteiger partial charge in [-0.25, -0.2) is 0 Å². The van der Waals surface area contributed by atoms with E-state index in [0.717, 1.165) is 44.0 Å². The monoisotopic (exact) mass is 376 g/mol. The molecule has 1 saturated carbocycles. The maximum Gasteiger partial charge on any atom is 0.227 e. The summed E-state index contributed by atoms with van der Waals surface area (Å²) in [6, 6.07) is 5.93.